The molecule has 0 radical (unpaired) electrons. The summed E-state index contributed by atoms with van der Waals surface area (Å²) in [7, 11) is 0. The zero-order valence-electron chi connectivity index (χ0n) is 19.3. The SMILES string of the molecule is Cc1ccc2ncc(C(=O)OC(C)C(=O)Nc3cccc4c3C(=O)c3ccccc3C4=O)c(=O)n2c1. The van der Waals surface area contributed by atoms with Crippen LogP contribution < -0.4 is 10.9 Å². The van der Waals surface area contributed by atoms with Gasteiger partial charge in [0.05, 0.1) is 11.3 Å². The van der Waals surface area contributed by atoms with Gasteiger partial charge < -0.3 is 10.1 Å². The zero-order valence-corrected chi connectivity index (χ0v) is 19.3. The van der Waals surface area contributed by atoms with E-state index >= 15 is 0 Å². The van der Waals surface area contributed by atoms with Crippen molar-refractivity contribution in [2.75, 3.05) is 5.32 Å². The monoisotopic (exact) mass is 481 g/mol. The number of hydrogen-bond donors (Lipinski definition) is 1. The second-order valence-electron chi connectivity index (χ2n) is 8.38. The normalized spacial score (nSPS) is 13.1. The number of ether oxygens (including phenoxy) is 1. The Morgan fingerprint density at radius 2 is 1.61 bits per heavy atom. The number of hydrogen-bond acceptors (Lipinski definition) is 7. The number of fused-ring (bicyclic) bond motifs is 3. The van der Waals surface area contributed by atoms with E-state index < -0.39 is 29.3 Å². The van der Waals surface area contributed by atoms with Crippen molar-refractivity contribution in [3.05, 3.63) is 111 Å². The van der Waals surface area contributed by atoms with Crippen LogP contribution in [0, 0.1) is 6.92 Å². The highest BCUT2D eigenvalue weighted by Gasteiger charge is 2.32. The van der Waals surface area contributed by atoms with E-state index in [-0.39, 0.29) is 33.7 Å². The molecule has 0 saturated carbocycles. The fourth-order valence-corrected chi connectivity index (χ4v) is 4.08. The molecule has 9 heteroatoms. The molecular weight excluding hydrogens is 462 g/mol. The topological polar surface area (TPSA) is 124 Å². The Morgan fingerprint density at radius 3 is 2.36 bits per heavy atom. The van der Waals surface area contributed by atoms with E-state index in [1.807, 2.05) is 0 Å². The number of carbonyl (C=O) groups is 4. The molecule has 5 rings (SSSR count). The third kappa shape index (κ3) is 3.76. The number of nitrogens with one attached hydrogen (secondary N) is 1. The van der Waals surface area contributed by atoms with Crippen molar-refractivity contribution in [2.45, 2.75) is 20.0 Å². The maximum absolute atomic E-state index is 13.1. The summed E-state index contributed by atoms with van der Waals surface area (Å²) in [6.45, 7) is 3.13. The van der Waals surface area contributed by atoms with Crippen LogP contribution in [-0.2, 0) is 9.53 Å². The summed E-state index contributed by atoms with van der Waals surface area (Å²) in [5, 5.41) is 2.57. The molecule has 2 heterocycles. The molecule has 0 spiro atoms. The van der Waals surface area contributed by atoms with Gasteiger partial charge in [-0.05, 0) is 31.5 Å². The Kier molecular flexibility index (Phi) is 5.52. The molecule has 2 aromatic carbocycles. The summed E-state index contributed by atoms with van der Waals surface area (Å²) in [6, 6.07) is 14.5. The van der Waals surface area contributed by atoms with Crippen LogP contribution in [0.2, 0.25) is 0 Å². The van der Waals surface area contributed by atoms with Crippen LogP contribution in [0.3, 0.4) is 0 Å². The van der Waals surface area contributed by atoms with Crippen LogP contribution in [0.4, 0.5) is 5.69 Å². The first-order valence-corrected chi connectivity index (χ1v) is 11.1. The number of carbonyl (C=O) groups excluding carboxylic acids is 4. The van der Waals surface area contributed by atoms with Gasteiger partial charge in [0.2, 0.25) is 0 Å². The molecule has 0 fully saturated rings. The lowest BCUT2D eigenvalue weighted by molar-refractivity contribution is -0.123. The molecule has 1 aliphatic carbocycles. The Labute approximate surface area is 204 Å². The number of ketones is 2. The molecule has 0 saturated heterocycles. The number of esters is 1. The molecule has 1 N–H and O–H groups in total. The van der Waals surface area contributed by atoms with E-state index in [0.717, 1.165) is 11.8 Å². The fraction of sp³-hybridized carbons (Fsp3) is 0.111. The fourth-order valence-electron chi connectivity index (χ4n) is 4.08. The number of pyridine rings is 1. The average Bonchev–Trinajstić information content (AvgIpc) is 2.87. The number of amides is 1. The van der Waals surface area contributed by atoms with Crippen molar-refractivity contribution in [1.29, 1.82) is 0 Å². The summed E-state index contributed by atoms with van der Waals surface area (Å²) in [4.78, 5) is 68.4. The molecule has 1 aliphatic rings. The minimum absolute atomic E-state index is 0.0698. The van der Waals surface area contributed by atoms with Gasteiger partial charge in [-0.2, -0.15) is 0 Å². The molecule has 36 heavy (non-hydrogen) atoms. The molecule has 4 aromatic rings. The average molecular weight is 481 g/mol. The zero-order chi connectivity index (χ0) is 25.6. The number of nitrogens with zero attached hydrogens (tertiary/aromatic N) is 2. The lowest BCUT2D eigenvalue weighted by Crippen LogP contribution is -2.33. The summed E-state index contributed by atoms with van der Waals surface area (Å²) >= 11 is 0. The van der Waals surface area contributed by atoms with Gasteiger partial charge in [0.1, 0.15) is 11.2 Å². The largest absolute Gasteiger partial charge is 0.449 e. The van der Waals surface area contributed by atoms with Gasteiger partial charge in [-0.15, -0.1) is 0 Å². The summed E-state index contributed by atoms with van der Waals surface area (Å²) < 4.78 is 6.45. The minimum atomic E-state index is -1.31. The van der Waals surface area contributed by atoms with E-state index in [4.69, 9.17) is 4.74 Å². The summed E-state index contributed by atoms with van der Waals surface area (Å²) in [6.07, 6.45) is 1.34. The lowest BCUT2D eigenvalue weighted by Gasteiger charge is -2.21. The van der Waals surface area contributed by atoms with Gasteiger partial charge in [0.25, 0.3) is 11.5 Å². The van der Waals surface area contributed by atoms with Crippen molar-refractivity contribution >= 4 is 34.8 Å². The van der Waals surface area contributed by atoms with Crippen LogP contribution in [0.1, 0.15) is 54.7 Å². The molecule has 0 bridgehead atoms. The van der Waals surface area contributed by atoms with Crippen LogP contribution >= 0.6 is 0 Å². The van der Waals surface area contributed by atoms with E-state index in [2.05, 4.69) is 10.3 Å². The van der Waals surface area contributed by atoms with Crippen molar-refractivity contribution in [3.8, 4) is 0 Å². The standard InChI is InChI=1S/C27H19N3O6/c1-14-10-11-21-28-12-19(26(34)30(21)13-14)27(35)36-15(2)25(33)29-20-9-5-8-18-22(20)24(32)17-7-4-3-6-16(17)23(18)31/h3-13,15H,1-2H3,(H,29,33). The summed E-state index contributed by atoms with van der Waals surface area (Å²) in [5.41, 5.74) is 1.12. The quantitative estimate of drug-likeness (QED) is 0.391. The molecule has 2 aromatic heterocycles. The predicted octanol–water partition coefficient (Wildman–Crippen LogP) is 2.96. The van der Waals surface area contributed by atoms with Gasteiger partial charge in [-0.1, -0.05) is 42.5 Å². The van der Waals surface area contributed by atoms with Crippen LogP contribution in [0.25, 0.3) is 5.65 Å². The molecule has 178 valence electrons. The van der Waals surface area contributed by atoms with E-state index in [0.29, 0.717) is 11.2 Å². The molecule has 1 amide bonds. The molecule has 1 atom stereocenters. The molecule has 1 unspecified atom stereocenters. The highest BCUT2D eigenvalue weighted by molar-refractivity contribution is 6.30. The first-order chi connectivity index (χ1) is 17.3. The first kappa shape index (κ1) is 22.9. The Balaban J connectivity index is 1.38. The Bertz CT molecular complexity index is 1670. The van der Waals surface area contributed by atoms with Crippen molar-refractivity contribution < 1.29 is 23.9 Å². The van der Waals surface area contributed by atoms with Crippen LogP contribution in [0.15, 0.2) is 71.8 Å². The molecule has 0 aliphatic heterocycles. The third-order valence-electron chi connectivity index (χ3n) is 5.93. The number of aryl methyl sites for hydroxylation is 1. The Hall–Kier alpha value is -4.92. The maximum Gasteiger partial charge on any atom is 0.346 e. The number of benzene rings is 2. The van der Waals surface area contributed by atoms with E-state index in [1.165, 1.54) is 23.5 Å². The maximum atomic E-state index is 13.1. The van der Waals surface area contributed by atoms with Crippen LogP contribution in [-0.4, -0.2) is 38.9 Å². The van der Waals surface area contributed by atoms with Gasteiger partial charge in [-0.3, -0.25) is 23.6 Å². The highest BCUT2D eigenvalue weighted by atomic mass is 16.5. The molecule has 9 nitrogen and oxygen atoms in total. The third-order valence-corrected chi connectivity index (χ3v) is 5.93. The lowest BCUT2D eigenvalue weighted by atomic mass is 9.83. The smallest absolute Gasteiger partial charge is 0.346 e. The van der Waals surface area contributed by atoms with E-state index in [9.17, 15) is 24.0 Å². The van der Waals surface area contributed by atoms with Crippen molar-refractivity contribution in [3.63, 3.8) is 0 Å². The van der Waals surface area contributed by atoms with Gasteiger partial charge >= 0.3 is 5.97 Å². The number of anilines is 1. The minimum Gasteiger partial charge on any atom is -0.449 e. The second kappa shape index (κ2) is 8.70. The van der Waals surface area contributed by atoms with Gasteiger partial charge in [0, 0.05) is 29.1 Å². The van der Waals surface area contributed by atoms with Crippen molar-refractivity contribution in [1.82, 2.24) is 9.38 Å². The molecular formula is C27H19N3O6. The Morgan fingerprint density at radius 1 is 0.917 bits per heavy atom. The first-order valence-electron chi connectivity index (χ1n) is 11.1. The van der Waals surface area contributed by atoms with Gasteiger partial charge in [-0.25, -0.2) is 9.78 Å². The number of aromatic nitrogens is 2. The number of rotatable bonds is 4. The van der Waals surface area contributed by atoms with Crippen molar-refractivity contribution in [2.24, 2.45) is 0 Å². The van der Waals surface area contributed by atoms with Crippen LogP contribution in [0.5, 0.6) is 0 Å². The highest BCUT2D eigenvalue weighted by Crippen LogP contribution is 2.32. The second-order valence-corrected chi connectivity index (χ2v) is 8.38. The summed E-state index contributed by atoms with van der Waals surface area (Å²) in [5.74, 6) is -2.47. The predicted molar refractivity (Wildman–Crippen MR) is 129 cm³/mol. The van der Waals surface area contributed by atoms with Gasteiger partial charge in [0.15, 0.2) is 17.7 Å². The van der Waals surface area contributed by atoms with E-state index in [1.54, 1.807) is 55.6 Å².